The molecule has 0 bridgehead atoms. The molecule has 0 aliphatic rings. The van der Waals surface area contributed by atoms with E-state index in [0.717, 1.165) is 30.8 Å². The van der Waals surface area contributed by atoms with E-state index in [1.54, 1.807) is 17.1 Å². The predicted molar refractivity (Wildman–Crippen MR) is 112 cm³/mol. The first kappa shape index (κ1) is 19.8. The van der Waals surface area contributed by atoms with E-state index in [0.29, 0.717) is 18.7 Å². The van der Waals surface area contributed by atoms with Gasteiger partial charge in [0.1, 0.15) is 0 Å². The summed E-state index contributed by atoms with van der Waals surface area (Å²) in [5.74, 6) is -0.103. The fourth-order valence-corrected chi connectivity index (χ4v) is 3.17. The number of rotatable bonds is 9. The number of carbonyl (C=O) groups excluding carboxylic acids is 1. The Kier molecular flexibility index (Phi) is 6.98. The van der Waals surface area contributed by atoms with Gasteiger partial charge in [-0.05, 0) is 29.8 Å². The summed E-state index contributed by atoms with van der Waals surface area (Å²) in [5.41, 5.74) is 4.11. The average molecular weight is 377 g/mol. The predicted octanol–water partition coefficient (Wildman–Crippen LogP) is 3.70. The molecule has 146 valence electrons. The lowest BCUT2D eigenvalue weighted by molar-refractivity contribution is 0.0951. The van der Waals surface area contributed by atoms with Crippen LogP contribution in [0.1, 0.15) is 40.9 Å². The number of benzene rings is 2. The number of nitrogens with zero attached hydrogens (tertiary/aromatic N) is 3. The normalized spacial score (nSPS) is 11.0. The standard InChI is InChI=1S/C23H28N4O/c1-3-26(4-2)16-21-12-8-11-20(13-21)14-24-23(28)22-15-25-27(18-22)17-19-9-6-5-7-10-19/h5-13,15,18H,3-4,14,16-17H2,1-2H3,(H,24,28). The van der Waals surface area contributed by atoms with E-state index in [-0.39, 0.29) is 5.91 Å². The fourth-order valence-electron chi connectivity index (χ4n) is 3.17. The second-order valence-corrected chi connectivity index (χ2v) is 6.88. The van der Waals surface area contributed by atoms with Gasteiger partial charge in [-0.2, -0.15) is 5.10 Å². The molecule has 0 saturated carbocycles. The lowest BCUT2D eigenvalue weighted by atomic mass is 10.1. The molecular formula is C23H28N4O. The second kappa shape index (κ2) is 9.85. The fraction of sp³-hybridized carbons (Fsp3) is 0.304. The minimum absolute atomic E-state index is 0.103. The molecule has 0 unspecified atom stereocenters. The molecule has 2 aromatic carbocycles. The van der Waals surface area contributed by atoms with Crippen LogP contribution in [0, 0.1) is 0 Å². The Morgan fingerprint density at radius 1 is 1.00 bits per heavy atom. The van der Waals surface area contributed by atoms with E-state index in [2.05, 4.69) is 47.4 Å². The zero-order valence-electron chi connectivity index (χ0n) is 16.6. The molecule has 0 fully saturated rings. The van der Waals surface area contributed by atoms with Crippen LogP contribution in [0.4, 0.5) is 0 Å². The summed E-state index contributed by atoms with van der Waals surface area (Å²) < 4.78 is 1.79. The topological polar surface area (TPSA) is 50.2 Å². The Morgan fingerprint density at radius 2 is 1.71 bits per heavy atom. The SMILES string of the molecule is CCN(CC)Cc1cccc(CNC(=O)c2cnn(Cc3ccccc3)c2)c1. The average Bonchev–Trinajstić information content (AvgIpc) is 3.20. The van der Waals surface area contributed by atoms with Crippen molar-refractivity contribution in [3.8, 4) is 0 Å². The lowest BCUT2D eigenvalue weighted by Crippen LogP contribution is -2.23. The first-order valence-corrected chi connectivity index (χ1v) is 9.82. The molecule has 0 saturated heterocycles. The van der Waals surface area contributed by atoms with Crippen LogP contribution in [0.5, 0.6) is 0 Å². The molecule has 28 heavy (non-hydrogen) atoms. The van der Waals surface area contributed by atoms with Crippen LogP contribution < -0.4 is 5.32 Å². The third-order valence-corrected chi connectivity index (χ3v) is 4.83. The molecule has 0 aliphatic carbocycles. The Bertz CT molecular complexity index is 884. The van der Waals surface area contributed by atoms with E-state index < -0.39 is 0 Å². The van der Waals surface area contributed by atoms with Crippen molar-refractivity contribution in [2.75, 3.05) is 13.1 Å². The van der Waals surface area contributed by atoms with E-state index in [1.165, 1.54) is 5.56 Å². The Morgan fingerprint density at radius 3 is 2.46 bits per heavy atom. The van der Waals surface area contributed by atoms with Crippen LogP contribution in [0.3, 0.4) is 0 Å². The third kappa shape index (κ3) is 5.54. The van der Waals surface area contributed by atoms with E-state index >= 15 is 0 Å². The Balaban J connectivity index is 1.56. The summed E-state index contributed by atoms with van der Waals surface area (Å²) in [6, 6.07) is 18.5. The first-order valence-electron chi connectivity index (χ1n) is 9.82. The van der Waals surface area contributed by atoms with Crippen molar-refractivity contribution in [1.82, 2.24) is 20.0 Å². The number of hydrogen-bond donors (Lipinski definition) is 1. The Hall–Kier alpha value is -2.92. The molecule has 0 spiro atoms. The zero-order chi connectivity index (χ0) is 19.8. The van der Waals surface area contributed by atoms with Gasteiger partial charge in [-0.25, -0.2) is 0 Å². The van der Waals surface area contributed by atoms with Gasteiger partial charge in [0.05, 0.1) is 18.3 Å². The van der Waals surface area contributed by atoms with E-state index in [1.807, 2.05) is 36.4 Å². The van der Waals surface area contributed by atoms with Crippen LogP contribution in [0.25, 0.3) is 0 Å². The highest BCUT2D eigenvalue weighted by atomic mass is 16.1. The maximum absolute atomic E-state index is 12.5. The number of amides is 1. The molecule has 0 aliphatic heterocycles. The van der Waals surface area contributed by atoms with Crippen molar-refractivity contribution in [2.45, 2.75) is 33.5 Å². The van der Waals surface area contributed by atoms with Gasteiger partial charge in [0.25, 0.3) is 5.91 Å². The van der Waals surface area contributed by atoms with Gasteiger partial charge in [-0.15, -0.1) is 0 Å². The summed E-state index contributed by atoms with van der Waals surface area (Å²) in [6.45, 7) is 8.50. The molecule has 5 nitrogen and oxygen atoms in total. The lowest BCUT2D eigenvalue weighted by Gasteiger charge is -2.18. The first-order chi connectivity index (χ1) is 13.7. The second-order valence-electron chi connectivity index (χ2n) is 6.88. The number of hydrogen-bond acceptors (Lipinski definition) is 3. The third-order valence-electron chi connectivity index (χ3n) is 4.83. The van der Waals surface area contributed by atoms with Crippen molar-refractivity contribution in [3.63, 3.8) is 0 Å². The maximum Gasteiger partial charge on any atom is 0.254 e. The molecule has 3 rings (SSSR count). The molecule has 5 heteroatoms. The molecule has 1 N–H and O–H groups in total. The highest BCUT2D eigenvalue weighted by molar-refractivity contribution is 5.93. The highest BCUT2D eigenvalue weighted by Gasteiger charge is 2.09. The summed E-state index contributed by atoms with van der Waals surface area (Å²) in [6.07, 6.45) is 3.41. The van der Waals surface area contributed by atoms with Crippen LogP contribution in [-0.4, -0.2) is 33.7 Å². The van der Waals surface area contributed by atoms with Crippen LogP contribution >= 0.6 is 0 Å². The maximum atomic E-state index is 12.5. The smallest absolute Gasteiger partial charge is 0.254 e. The van der Waals surface area contributed by atoms with Crippen molar-refractivity contribution < 1.29 is 4.79 Å². The molecule has 3 aromatic rings. The van der Waals surface area contributed by atoms with Crippen molar-refractivity contribution in [1.29, 1.82) is 0 Å². The minimum Gasteiger partial charge on any atom is -0.348 e. The van der Waals surface area contributed by atoms with Gasteiger partial charge in [0, 0.05) is 19.3 Å². The monoisotopic (exact) mass is 376 g/mol. The number of nitrogens with one attached hydrogen (secondary N) is 1. The summed E-state index contributed by atoms with van der Waals surface area (Å²) in [5, 5.41) is 7.30. The van der Waals surface area contributed by atoms with Gasteiger partial charge < -0.3 is 5.32 Å². The molecule has 1 heterocycles. The van der Waals surface area contributed by atoms with Crippen LogP contribution in [0.2, 0.25) is 0 Å². The summed E-state index contributed by atoms with van der Waals surface area (Å²) >= 11 is 0. The van der Waals surface area contributed by atoms with Gasteiger partial charge in [0.2, 0.25) is 0 Å². The van der Waals surface area contributed by atoms with Gasteiger partial charge in [-0.1, -0.05) is 68.4 Å². The zero-order valence-corrected chi connectivity index (χ0v) is 16.6. The summed E-state index contributed by atoms with van der Waals surface area (Å²) in [7, 11) is 0. The van der Waals surface area contributed by atoms with Gasteiger partial charge in [0.15, 0.2) is 0 Å². The van der Waals surface area contributed by atoms with Crippen LogP contribution in [0.15, 0.2) is 67.0 Å². The van der Waals surface area contributed by atoms with Crippen molar-refractivity contribution >= 4 is 5.91 Å². The van der Waals surface area contributed by atoms with Crippen molar-refractivity contribution in [3.05, 3.63) is 89.2 Å². The molecule has 0 radical (unpaired) electrons. The highest BCUT2D eigenvalue weighted by Crippen LogP contribution is 2.09. The quantitative estimate of drug-likeness (QED) is 0.619. The Labute approximate surface area is 167 Å². The molecule has 1 amide bonds. The van der Waals surface area contributed by atoms with Crippen LogP contribution in [-0.2, 0) is 19.6 Å². The number of aromatic nitrogens is 2. The molecule has 1 aromatic heterocycles. The van der Waals surface area contributed by atoms with Gasteiger partial charge >= 0.3 is 0 Å². The molecular weight excluding hydrogens is 348 g/mol. The van der Waals surface area contributed by atoms with Crippen molar-refractivity contribution in [2.24, 2.45) is 0 Å². The number of carbonyl (C=O) groups is 1. The van der Waals surface area contributed by atoms with E-state index in [4.69, 9.17) is 0 Å². The van der Waals surface area contributed by atoms with E-state index in [9.17, 15) is 4.79 Å². The minimum atomic E-state index is -0.103. The van der Waals surface area contributed by atoms with Gasteiger partial charge in [-0.3, -0.25) is 14.4 Å². The molecule has 0 atom stereocenters. The largest absolute Gasteiger partial charge is 0.348 e. The summed E-state index contributed by atoms with van der Waals surface area (Å²) in [4.78, 5) is 14.8.